The lowest BCUT2D eigenvalue weighted by atomic mass is 10.1. The molecule has 0 saturated carbocycles. The van der Waals surface area contributed by atoms with E-state index in [1.807, 2.05) is 19.9 Å². The number of nitrogens with zero attached hydrogens (tertiary/aromatic N) is 2. The maximum Gasteiger partial charge on any atom is 0.339 e. The van der Waals surface area contributed by atoms with Crippen LogP contribution in [0.15, 0.2) is 30.5 Å². The Hall–Kier alpha value is -2.96. The standard InChI is InChI=1S/C15H14N2O5/c1-9-4-5-12(6-10(9)2)22-14-13(17(19)20)7-11(8-16-14)15(18)21-3/h4-8H,1-3H3. The van der Waals surface area contributed by atoms with Gasteiger partial charge in [0.25, 0.3) is 5.88 Å². The fourth-order valence-corrected chi connectivity index (χ4v) is 1.77. The number of nitro groups is 1. The molecule has 1 aromatic heterocycles. The molecule has 7 nitrogen and oxygen atoms in total. The summed E-state index contributed by atoms with van der Waals surface area (Å²) in [5, 5.41) is 11.1. The first-order chi connectivity index (χ1) is 10.4. The van der Waals surface area contributed by atoms with E-state index < -0.39 is 16.6 Å². The van der Waals surface area contributed by atoms with E-state index in [4.69, 9.17) is 4.74 Å². The molecule has 0 saturated heterocycles. The van der Waals surface area contributed by atoms with Crippen molar-refractivity contribution in [3.8, 4) is 11.6 Å². The van der Waals surface area contributed by atoms with Gasteiger partial charge in [0.15, 0.2) is 0 Å². The molecule has 1 heterocycles. The fourth-order valence-electron chi connectivity index (χ4n) is 1.77. The summed E-state index contributed by atoms with van der Waals surface area (Å²) in [4.78, 5) is 25.7. The zero-order valence-electron chi connectivity index (χ0n) is 12.3. The minimum absolute atomic E-state index is 0.0124. The molecular formula is C15H14N2O5. The first-order valence-corrected chi connectivity index (χ1v) is 6.40. The third-order valence-corrected chi connectivity index (χ3v) is 3.14. The van der Waals surface area contributed by atoms with Gasteiger partial charge in [-0.1, -0.05) is 6.07 Å². The Morgan fingerprint density at radius 1 is 1.23 bits per heavy atom. The highest BCUT2D eigenvalue weighted by Gasteiger charge is 2.21. The van der Waals surface area contributed by atoms with Crippen LogP contribution < -0.4 is 4.74 Å². The van der Waals surface area contributed by atoms with Crippen molar-refractivity contribution in [1.82, 2.24) is 4.98 Å². The lowest BCUT2D eigenvalue weighted by Crippen LogP contribution is -2.04. The van der Waals surface area contributed by atoms with Crippen LogP contribution in [0.5, 0.6) is 11.6 Å². The summed E-state index contributed by atoms with van der Waals surface area (Å²) in [5.74, 6) is -0.446. The summed E-state index contributed by atoms with van der Waals surface area (Å²) in [6.07, 6.45) is 1.18. The van der Waals surface area contributed by atoms with Gasteiger partial charge in [0.1, 0.15) is 5.75 Å². The van der Waals surface area contributed by atoms with Gasteiger partial charge in [-0.25, -0.2) is 9.78 Å². The summed E-state index contributed by atoms with van der Waals surface area (Å²) >= 11 is 0. The first-order valence-electron chi connectivity index (χ1n) is 6.40. The minimum Gasteiger partial charge on any atom is -0.465 e. The molecule has 0 fully saturated rings. The number of aromatic nitrogens is 1. The number of pyridine rings is 1. The Labute approximate surface area is 126 Å². The third-order valence-electron chi connectivity index (χ3n) is 3.14. The summed E-state index contributed by atoms with van der Waals surface area (Å²) in [5.41, 5.74) is 1.66. The number of carbonyl (C=O) groups is 1. The van der Waals surface area contributed by atoms with E-state index in [0.29, 0.717) is 5.75 Å². The predicted molar refractivity (Wildman–Crippen MR) is 78.2 cm³/mol. The summed E-state index contributed by atoms with van der Waals surface area (Å²) in [6, 6.07) is 6.38. The van der Waals surface area contributed by atoms with Crippen LogP contribution in [-0.4, -0.2) is 23.0 Å². The number of methoxy groups -OCH3 is 1. The van der Waals surface area contributed by atoms with Gasteiger partial charge in [-0.15, -0.1) is 0 Å². The number of aryl methyl sites for hydroxylation is 2. The van der Waals surface area contributed by atoms with E-state index in [9.17, 15) is 14.9 Å². The van der Waals surface area contributed by atoms with Crippen molar-refractivity contribution < 1.29 is 19.2 Å². The van der Waals surface area contributed by atoms with Crippen molar-refractivity contribution in [2.75, 3.05) is 7.11 Å². The van der Waals surface area contributed by atoms with Crippen LogP contribution in [0.2, 0.25) is 0 Å². The number of rotatable bonds is 4. The molecule has 22 heavy (non-hydrogen) atoms. The molecular weight excluding hydrogens is 288 g/mol. The highest BCUT2D eigenvalue weighted by molar-refractivity contribution is 5.89. The van der Waals surface area contributed by atoms with Crippen molar-refractivity contribution in [2.24, 2.45) is 0 Å². The topological polar surface area (TPSA) is 91.6 Å². The normalized spacial score (nSPS) is 10.1. The molecule has 0 unspecified atom stereocenters. The number of carbonyl (C=O) groups excluding carboxylic acids is 1. The van der Waals surface area contributed by atoms with E-state index >= 15 is 0 Å². The number of esters is 1. The second-order valence-corrected chi connectivity index (χ2v) is 4.65. The first kappa shape index (κ1) is 15.4. The molecule has 0 aliphatic heterocycles. The Balaban J connectivity index is 2.39. The number of ether oxygens (including phenoxy) is 2. The number of hydrogen-bond donors (Lipinski definition) is 0. The van der Waals surface area contributed by atoms with Gasteiger partial charge in [-0.2, -0.15) is 0 Å². The molecule has 2 aromatic rings. The lowest BCUT2D eigenvalue weighted by molar-refractivity contribution is -0.386. The average Bonchev–Trinajstić information content (AvgIpc) is 2.50. The van der Waals surface area contributed by atoms with Crippen molar-refractivity contribution in [3.63, 3.8) is 0 Å². The van der Waals surface area contributed by atoms with E-state index in [0.717, 1.165) is 17.2 Å². The second-order valence-electron chi connectivity index (χ2n) is 4.65. The number of benzene rings is 1. The van der Waals surface area contributed by atoms with E-state index in [2.05, 4.69) is 9.72 Å². The average molecular weight is 302 g/mol. The lowest BCUT2D eigenvalue weighted by Gasteiger charge is -2.08. The molecule has 1 aromatic carbocycles. The maximum absolute atomic E-state index is 11.4. The Morgan fingerprint density at radius 2 is 1.95 bits per heavy atom. The van der Waals surface area contributed by atoms with Gasteiger partial charge in [-0.05, 0) is 37.1 Å². The van der Waals surface area contributed by atoms with Crippen LogP contribution in [0.25, 0.3) is 0 Å². The van der Waals surface area contributed by atoms with Crippen LogP contribution in [0.4, 0.5) is 5.69 Å². The number of hydrogen-bond acceptors (Lipinski definition) is 6. The van der Waals surface area contributed by atoms with Gasteiger partial charge in [0.05, 0.1) is 17.6 Å². The van der Waals surface area contributed by atoms with E-state index in [1.54, 1.807) is 12.1 Å². The van der Waals surface area contributed by atoms with Crippen molar-refractivity contribution in [3.05, 3.63) is 57.3 Å². The van der Waals surface area contributed by atoms with E-state index in [1.165, 1.54) is 13.3 Å². The summed E-state index contributed by atoms with van der Waals surface area (Å²) in [6.45, 7) is 3.86. The molecule has 0 aliphatic rings. The van der Waals surface area contributed by atoms with Gasteiger partial charge in [-0.3, -0.25) is 10.1 Å². The van der Waals surface area contributed by atoms with Gasteiger partial charge < -0.3 is 9.47 Å². The molecule has 0 atom stereocenters. The molecule has 0 radical (unpaired) electrons. The molecule has 0 aliphatic carbocycles. The Kier molecular flexibility index (Phi) is 4.36. The molecule has 114 valence electrons. The highest BCUT2D eigenvalue weighted by atomic mass is 16.6. The van der Waals surface area contributed by atoms with Crippen molar-refractivity contribution in [1.29, 1.82) is 0 Å². The van der Waals surface area contributed by atoms with Crippen molar-refractivity contribution in [2.45, 2.75) is 13.8 Å². The van der Waals surface area contributed by atoms with Crippen LogP contribution in [-0.2, 0) is 4.74 Å². The molecule has 0 N–H and O–H groups in total. The zero-order chi connectivity index (χ0) is 16.3. The zero-order valence-corrected chi connectivity index (χ0v) is 12.3. The minimum atomic E-state index is -0.701. The van der Waals surface area contributed by atoms with Crippen LogP contribution in [0.3, 0.4) is 0 Å². The molecule has 7 heteroatoms. The SMILES string of the molecule is COC(=O)c1cnc(Oc2ccc(C)c(C)c2)c([N+](=O)[O-])c1. The Bertz CT molecular complexity index is 743. The predicted octanol–water partition coefficient (Wildman–Crippen LogP) is 3.19. The summed E-state index contributed by atoms with van der Waals surface area (Å²) in [7, 11) is 1.19. The molecule has 2 rings (SSSR count). The second kappa shape index (κ2) is 6.21. The molecule has 0 spiro atoms. The summed E-state index contributed by atoms with van der Waals surface area (Å²) < 4.78 is 9.99. The maximum atomic E-state index is 11.4. The monoisotopic (exact) mass is 302 g/mol. The van der Waals surface area contributed by atoms with Gasteiger partial charge in [0.2, 0.25) is 0 Å². The van der Waals surface area contributed by atoms with Crippen molar-refractivity contribution >= 4 is 11.7 Å². The molecule has 0 bridgehead atoms. The van der Waals surface area contributed by atoms with E-state index in [-0.39, 0.29) is 11.4 Å². The molecule has 0 amide bonds. The fraction of sp³-hybridized carbons (Fsp3) is 0.200. The van der Waals surface area contributed by atoms with Gasteiger partial charge in [0, 0.05) is 12.3 Å². The van der Waals surface area contributed by atoms with Crippen LogP contribution in [0.1, 0.15) is 21.5 Å². The smallest absolute Gasteiger partial charge is 0.339 e. The van der Waals surface area contributed by atoms with Crippen LogP contribution >= 0.6 is 0 Å². The Morgan fingerprint density at radius 3 is 2.55 bits per heavy atom. The highest BCUT2D eigenvalue weighted by Crippen LogP contribution is 2.30. The van der Waals surface area contributed by atoms with Crippen LogP contribution in [0, 0.1) is 24.0 Å². The largest absolute Gasteiger partial charge is 0.465 e. The van der Waals surface area contributed by atoms with Gasteiger partial charge >= 0.3 is 11.7 Å². The quantitative estimate of drug-likeness (QED) is 0.489. The third kappa shape index (κ3) is 3.20.